The molecule has 0 aliphatic rings. The third-order valence-electron chi connectivity index (χ3n) is 2.46. The third-order valence-corrected chi connectivity index (χ3v) is 2.46. The van der Waals surface area contributed by atoms with E-state index in [0.717, 1.165) is 0 Å². The van der Waals surface area contributed by atoms with Crippen molar-refractivity contribution in [2.45, 2.75) is 26.8 Å². The topological polar surface area (TPSA) is 64.5 Å². The Morgan fingerprint density at radius 1 is 1.36 bits per heavy atom. The first-order chi connectivity index (χ1) is 6.54. The van der Waals surface area contributed by atoms with Crippen molar-refractivity contribution in [2.24, 2.45) is 5.92 Å². The van der Waals surface area contributed by atoms with E-state index in [2.05, 4.69) is 10.6 Å². The molecule has 0 aromatic rings. The van der Waals surface area contributed by atoms with Crippen LogP contribution in [0.5, 0.6) is 0 Å². The second-order valence-corrected chi connectivity index (χ2v) is 3.64. The Kier molecular flexibility index (Phi) is 6.53. The molecule has 4 heteroatoms. The highest BCUT2D eigenvalue weighted by atomic mass is 16.3. The lowest BCUT2D eigenvalue weighted by molar-refractivity contribution is 0.269. The molecule has 0 amide bonds. The molecule has 1 unspecified atom stereocenters. The molecule has 2 atom stereocenters. The molecule has 0 aliphatic heterocycles. The predicted octanol–water partition coefficient (Wildman–Crippen LogP) is 0.602. The third kappa shape index (κ3) is 4.09. The Morgan fingerprint density at radius 3 is 2.36 bits per heavy atom. The normalized spacial score (nSPS) is 17.5. The van der Waals surface area contributed by atoms with Crippen molar-refractivity contribution in [3.8, 4) is 0 Å². The van der Waals surface area contributed by atoms with E-state index in [-0.39, 0.29) is 24.3 Å². The van der Waals surface area contributed by atoms with E-state index in [1.54, 1.807) is 6.92 Å². The summed E-state index contributed by atoms with van der Waals surface area (Å²) in [5, 5.41) is 24.8. The zero-order chi connectivity index (χ0) is 11.1. The van der Waals surface area contributed by atoms with Crippen molar-refractivity contribution in [2.75, 3.05) is 20.3 Å². The minimum atomic E-state index is -0.0884. The number of aliphatic hydroxyl groups is 2. The summed E-state index contributed by atoms with van der Waals surface area (Å²) in [5.41, 5.74) is 0.635. The summed E-state index contributed by atoms with van der Waals surface area (Å²) >= 11 is 0. The highest BCUT2D eigenvalue weighted by Gasteiger charge is 2.16. The van der Waals surface area contributed by atoms with Crippen LogP contribution in [0.4, 0.5) is 0 Å². The first-order valence-corrected chi connectivity index (χ1v) is 4.92. The Morgan fingerprint density at radius 2 is 1.93 bits per heavy atom. The molecule has 84 valence electrons. The molecule has 0 aromatic heterocycles. The fourth-order valence-corrected chi connectivity index (χ4v) is 1.15. The van der Waals surface area contributed by atoms with Crippen LogP contribution < -0.4 is 10.6 Å². The molecule has 0 heterocycles. The van der Waals surface area contributed by atoms with Crippen molar-refractivity contribution < 1.29 is 10.2 Å². The van der Waals surface area contributed by atoms with Crippen molar-refractivity contribution >= 4 is 0 Å². The van der Waals surface area contributed by atoms with Gasteiger partial charge in [-0.15, -0.1) is 0 Å². The second-order valence-electron chi connectivity index (χ2n) is 3.64. The zero-order valence-corrected chi connectivity index (χ0v) is 9.46. The minimum absolute atomic E-state index is 0.00972. The molecule has 0 saturated carbocycles. The van der Waals surface area contributed by atoms with Gasteiger partial charge in [-0.1, -0.05) is 6.92 Å². The van der Waals surface area contributed by atoms with Gasteiger partial charge in [-0.05, 0) is 26.5 Å². The summed E-state index contributed by atoms with van der Waals surface area (Å²) in [6, 6.07) is 0.170. The molecule has 0 bridgehead atoms. The maximum atomic E-state index is 9.72. The first-order valence-electron chi connectivity index (χ1n) is 4.92. The van der Waals surface area contributed by atoms with Crippen LogP contribution in [-0.2, 0) is 0 Å². The number of nitrogens with one attached hydrogen (secondary N) is 2. The summed E-state index contributed by atoms with van der Waals surface area (Å²) in [5.74, 6) is 0.291. The van der Waals surface area contributed by atoms with E-state index in [9.17, 15) is 5.11 Å². The summed E-state index contributed by atoms with van der Waals surface area (Å²) in [4.78, 5) is 0. The van der Waals surface area contributed by atoms with Gasteiger partial charge in [0.1, 0.15) is 0 Å². The summed E-state index contributed by atoms with van der Waals surface area (Å²) in [6.07, 6.45) is 0. The van der Waals surface area contributed by atoms with Crippen molar-refractivity contribution in [3.63, 3.8) is 0 Å². The van der Waals surface area contributed by atoms with Crippen LogP contribution in [-0.4, -0.2) is 36.6 Å². The standard InChI is InChI=1S/C10H22N2O2/c1-7(5-13)10(14)8(2)9(3)12-6-11-4/h8-9,11-14H,5-6H2,1-4H3/b10-7-/t8?,9-/m1/s1. The minimum Gasteiger partial charge on any atom is -0.512 e. The molecule has 0 aromatic carbocycles. The Hall–Kier alpha value is -0.580. The number of aliphatic hydroxyl groups excluding tert-OH is 2. The van der Waals surface area contributed by atoms with Gasteiger partial charge in [0, 0.05) is 18.6 Å². The monoisotopic (exact) mass is 202 g/mol. The quantitative estimate of drug-likeness (QED) is 0.376. The van der Waals surface area contributed by atoms with Crippen LogP contribution in [0.3, 0.4) is 0 Å². The second kappa shape index (κ2) is 6.81. The van der Waals surface area contributed by atoms with E-state index < -0.39 is 0 Å². The van der Waals surface area contributed by atoms with E-state index in [4.69, 9.17) is 5.11 Å². The maximum Gasteiger partial charge on any atom is 0.0978 e. The van der Waals surface area contributed by atoms with Gasteiger partial charge < -0.3 is 20.8 Å². The molecule has 0 aliphatic carbocycles. The average molecular weight is 202 g/mol. The van der Waals surface area contributed by atoms with Gasteiger partial charge in [0.15, 0.2) is 0 Å². The largest absolute Gasteiger partial charge is 0.512 e. The Labute approximate surface area is 86.0 Å². The first kappa shape index (κ1) is 13.4. The van der Waals surface area contributed by atoms with E-state index >= 15 is 0 Å². The molecule has 14 heavy (non-hydrogen) atoms. The summed E-state index contributed by atoms with van der Waals surface area (Å²) in [7, 11) is 1.86. The van der Waals surface area contributed by atoms with Crippen molar-refractivity contribution in [1.29, 1.82) is 0 Å². The van der Waals surface area contributed by atoms with Crippen LogP contribution in [0.1, 0.15) is 20.8 Å². The summed E-state index contributed by atoms with van der Waals surface area (Å²) in [6.45, 7) is 6.28. The lowest BCUT2D eigenvalue weighted by Crippen LogP contribution is -2.38. The molecular formula is C10H22N2O2. The lowest BCUT2D eigenvalue weighted by atomic mass is 9.98. The van der Waals surface area contributed by atoms with Gasteiger partial charge in [-0.3, -0.25) is 0 Å². The predicted molar refractivity (Wildman–Crippen MR) is 58.1 cm³/mol. The molecule has 0 spiro atoms. The molecular weight excluding hydrogens is 180 g/mol. The Bertz CT molecular complexity index is 193. The van der Waals surface area contributed by atoms with Gasteiger partial charge in [0.25, 0.3) is 0 Å². The van der Waals surface area contributed by atoms with Crippen LogP contribution in [0, 0.1) is 5.92 Å². The number of rotatable bonds is 6. The SMILES string of the molecule is CNCN[C@H](C)C(C)/C(O)=C(\C)CO. The molecule has 0 radical (unpaired) electrons. The highest BCUT2D eigenvalue weighted by molar-refractivity contribution is 5.09. The van der Waals surface area contributed by atoms with Crippen LogP contribution in [0.25, 0.3) is 0 Å². The Balaban J connectivity index is 4.23. The van der Waals surface area contributed by atoms with Crippen LogP contribution in [0.15, 0.2) is 11.3 Å². The van der Waals surface area contributed by atoms with E-state index in [0.29, 0.717) is 12.2 Å². The van der Waals surface area contributed by atoms with Gasteiger partial charge in [-0.25, -0.2) is 0 Å². The number of hydrogen-bond donors (Lipinski definition) is 4. The van der Waals surface area contributed by atoms with Crippen molar-refractivity contribution in [1.82, 2.24) is 10.6 Å². The van der Waals surface area contributed by atoms with Crippen LogP contribution >= 0.6 is 0 Å². The number of hydrogen-bond acceptors (Lipinski definition) is 4. The average Bonchev–Trinajstić information content (AvgIpc) is 2.22. The van der Waals surface area contributed by atoms with E-state index in [1.807, 2.05) is 20.9 Å². The molecule has 4 N–H and O–H groups in total. The zero-order valence-electron chi connectivity index (χ0n) is 9.46. The van der Waals surface area contributed by atoms with Crippen molar-refractivity contribution in [3.05, 3.63) is 11.3 Å². The smallest absolute Gasteiger partial charge is 0.0978 e. The molecule has 4 nitrogen and oxygen atoms in total. The fourth-order valence-electron chi connectivity index (χ4n) is 1.15. The molecule has 0 saturated heterocycles. The maximum absolute atomic E-state index is 9.72. The molecule has 0 fully saturated rings. The fraction of sp³-hybridized carbons (Fsp3) is 0.800. The summed E-state index contributed by atoms with van der Waals surface area (Å²) < 4.78 is 0. The van der Waals surface area contributed by atoms with Gasteiger partial charge in [0.2, 0.25) is 0 Å². The molecule has 0 rings (SSSR count). The lowest BCUT2D eigenvalue weighted by Gasteiger charge is -2.21. The van der Waals surface area contributed by atoms with Crippen LogP contribution in [0.2, 0.25) is 0 Å². The van der Waals surface area contributed by atoms with E-state index in [1.165, 1.54) is 0 Å². The highest BCUT2D eigenvalue weighted by Crippen LogP contribution is 2.15. The van der Waals surface area contributed by atoms with Gasteiger partial charge in [-0.2, -0.15) is 0 Å². The van der Waals surface area contributed by atoms with Gasteiger partial charge >= 0.3 is 0 Å². The van der Waals surface area contributed by atoms with Gasteiger partial charge in [0.05, 0.1) is 12.4 Å².